The van der Waals surface area contributed by atoms with E-state index in [0.717, 1.165) is 61.7 Å². The zero-order chi connectivity index (χ0) is 22.0. The number of rotatable bonds is 4. The number of likely N-dealkylation sites (N-methyl/N-ethyl adjacent to an activating group) is 1. The highest BCUT2D eigenvalue weighted by molar-refractivity contribution is 6.31. The summed E-state index contributed by atoms with van der Waals surface area (Å²) in [5.41, 5.74) is 13.7. The fraction of sp³-hybridized carbons (Fsp3) is 0.360. The van der Waals surface area contributed by atoms with Crippen LogP contribution in [0.25, 0.3) is 11.3 Å². The molecule has 0 saturated carbocycles. The summed E-state index contributed by atoms with van der Waals surface area (Å²) in [7, 11) is 0. The van der Waals surface area contributed by atoms with Gasteiger partial charge in [0, 0.05) is 36.6 Å². The molecule has 2 aromatic rings. The Labute approximate surface area is 189 Å². The van der Waals surface area contributed by atoms with E-state index in [0.29, 0.717) is 0 Å². The first kappa shape index (κ1) is 21.7. The van der Waals surface area contributed by atoms with E-state index in [1.54, 1.807) is 12.1 Å². The third kappa shape index (κ3) is 4.73. The van der Waals surface area contributed by atoms with Crippen molar-refractivity contribution < 1.29 is 4.39 Å². The summed E-state index contributed by atoms with van der Waals surface area (Å²) < 4.78 is 13.6. The number of halogens is 2. The number of nitrogens with zero attached hydrogens (tertiary/aromatic N) is 1. The van der Waals surface area contributed by atoms with Gasteiger partial charge < -0.3 is 16.4 Å². The molecule has 0 saturated heterocycles. The lowest BCUT2D eigenvalue weighted by Gasteiger charge is -2.26. The molecule has 1 unspecified atom stereocenters. The molecule has 1 atom stereocenters. The van der Waals surface area contributed by atoms with Crippen molar-refractivity contribution in [3.8, 4) is 0 Å². The van der Waals surface area contributed by atoms with Crippen LogP contribution in [-0.2, 0) is 0 Å². The van der Waals surface area contributed by atoms with Gasteiger partial charge in [0.2, 0.25) is 0 Å². The van der Waals surface area contributed by atoms with Gasteiger partial charge in [-0.25, -0.2) is 4.39 Å². The van der Waals surface area contributed by atoms with E-state index in [2.05, 4.69) is 46.7 Å². The molecule has 2 aromatic carbocycles. The van der Waals surface area contributed by atoms with Gasteiger partial charge in [0.15, 0.2) is 0 Å². The number of hydrogen-bond acceptors (Lipinski definition) is 4. The molecule has 4 nitrogen and oxygen atoms in total. The molecule has 0 aromatic heterocycles. The molecule has 0 aliphatic carbocycles. The van der Waals surface area contributed by atoms with Crippen molar-refractivity contribution in [1.29, 1.82) is 0 Å². The van der Waals surface area contributed by atoms with Gasteiger partial charge in [0.25, 0.3) is 0 Å². The summed E-state index contributed by atoms with van der Waals surface area (Å²) in [6.07, 6.45) is 4.26. The van der Waals surface area contributed by atoms with Crippen molar-refractivity contribution in [3.63, 3.8) is 0 Å². The summed E-state index contributed by atoms with van der Waals surface area (Å²) in [5.74, 6) is -0.410. The van der Waals surface area contributed by atoms with E-state index in [1.165, 1.54) is 22.8 Å². The second kappa shape index (κ2) is 9.33. The zero-order valence-corrected chi connectivity index (χ0v) is 18.9. The van der Waals surface area contributed by atoms with Crippen LogP contribution >= 0.6 is 11.6 Å². The Morgan fingerprint density at radius 3 is 2.81 bits per heavy atom. The first-order chi connectivity index (χ1) is 15.0. The molecule has 0 spiro atoms. The Hall–Kier alpha value is -2.50. The lowest BCUT2D eigenvalue weighted by Crippen LogP contribution is -2.28. The Morgan fingerprint density at radius 2 is 2.13 bits per heavy atom. The Balaban J connectivity index is 1.73. The third-order valence-electron chi connectivity index (χ3n) is 6.20. The van der Waals surface area contributed by atoms with E-state index >= 15 is 0 Å². The van der Waals surface area contributed by atoms with Crippen molar-refractivity contribution in [3.05, 3.63) is 75.7 Å². The van der Waals surface area contributed by atoms with Gasteiger partial charge >= 0.3 is 0 Å². The van der Waals surface area contributed by atoms with Crippen LogP contribution in [0, 0.1) is 5.82 Å². The van der Waals surface area contributed by atoms with Gasteiger partial charge in [-0.15, -0.1) is 0 Å². The van der Waals surface area contributed by atoms with Crippen LogP contribution < -0.4 is 16.4 Å². The lowest BCUT2D eigenvalue weighted by molar-refractivity contribution is 0.319. The highest BCUT2D eigenvalue weighted by atomic mass is 35.5. The van der Waals surface area contributed by atoms with Gasteiger partial charge in [-0.3, -0.25) is 4.90 Å². The second-order valence-electron chi connectivity index (χ2n) is 8.27. The highest BCUT2D eigenvalue weighted by Gasteiger charge is 2.24. The first-order valence-electron chi connectivity index (χ1n) is 10.9. The van der Waals surface area contributed by atoms with Crippen molar-refractivity contribution in [1.82, 2.24) is 10.2 Å². The van der Waals surface area contributed by atoms with Crippen molar-refractivity contribution in [2.45, 2.75) is 32.7 Å². The lowest BCUT2D eigenvalue weighted by atomic mass is 9.90. The van der Waals surface area contributed by atoms with Gasteiger partial charge in [0.1, 0.15) is 5.82 Å². The molecule has 0 amide bonds. The van der Waals surface area contributed by atoms with E-state index in [-0.39, 0.29) is 11.1 Å². The summed E-state index contributed by atoms with van der Waals surface area (Å²) in [6.45, 7) is 8.08. The average Bonchev–Trinajstić information content (AvgIpc) is 2.95. The normalized spacial score (nSPS) is 20.9. The topological polar surface area (TPSA) is 53.3 Å². The maximum absolute atomic E-state index is 13.6. The van der Waals surface area contributed by atoms with Crippen LogP contribution in [0.4, 0.5) is 10.1 Å². The van der Waals surface area contributed by atoms with Crippen LogP contribution in [0.1, 0.15) is 49.4 Å². The monoisotopic (exact) mass is 440 g/mol. The van der Waals surface area contributed by atoms with Gasteiger partial charge in [-0.1, -0.05) is 36.7 Å². The quantitative estimate of drug-likeness (QED) is 0.597. The molecule has 0 fully saturated rings. The largest absolute Gasteiger partial charge is 0.401 e. The smallest absolute Gasteiger partial charge is 0.141 e. The maximum Gasteiger partial charge on any atom is 0.141 e. The minimum atomic E-state index is -0.410. The molecule has 6 heteroatoms. The summed E-state index contributed by atoms with van der Waals surface area (Å²) in [4.78, 5) is 2.44. The third-order valence-corrected chi connectivity index (χ3v) is 6.49. The Morgan fingerprint density at radius 1 is 1.29 bits per heavy atom. The van der Waals surface area contributed by atoms with E-state index in [1.807, 2.05) is 6.92 Å². The maximum atomic E-state index is 13.6. The SMILES string of the molecule is CCN1CC=C(c2ccc3c(c2)C(Nc2ccc(F)c(Cl)c2)CCN/C3=C(/C)N)CC1. The molecule has 2 heterocycles. The molecule has 0 bridgehead atoms. The predicted molar refractivity (Wildman–Crippen MR) is 128 cm³/mol. The van der Waals surface area contributed by atoms with Crippen molar-refractivity contribution in [2.24, 2.45) is 5.73 Å². The summed E-state index contributed by atoms with van der Waals surface area (Å²) >= 11 is 6.02. The average molecular weight is 441 g/mol. The van der Waals surface area contributed by atoms with E-state index < -0.39 is 5.82 Å². The fourth-order valence-corrected chi connectivity index (χ4v) is 4.60. The zero-order valence-electron chi connectivity index (χ0n) is 18.1. The van der Waals surface area contributed by atoms with Crippen LogP contribution in [0.15, 0.2) is 48.2 Å². The van der Waals surface area contributed by atoms with Crippen molar-refractivity contribution in [2.75, 3.05) is 31.5 Å². The summed E-state index contributed by atoms with van der Waals surface area (Å²) in [6, 6.07) is 11.5. The summed E-state index contributed by atoms with van der Waals surface area (Å²) in [5, 5.41) is 7.18. The Bertz CT molecular complexity index is 1030. The number of nitrogens with one attached hydrogen (secondary N) is 2. The molecule has 4 rings (SSSR count). The molecular formula is C25H30ClFN4. The van der Waals surface area contributed by atoms with Gasteiger partial charge in [-0.05, 0) is 67.3 Å². The van der Waals surface area contributed by atoms with Gasteiger partial charge in [0.05, 0.1) is 16.8 Å². The molecule has 2 aliphatic rings. The van der Waals surface area contributed by atoms with Crippen LogP contribution in [-0.4, -0.2) is 31.1 Å². The van der Waals surface area contributed by atoms with Crippen molar-refractivity contribution >= 4 is 28.6 Å². The standard InChI is InChI=1S/C25H30ClFN4/c1-3-31-12-9-17(10-13-31)18-4-6-20-21(14-18)24(8-11-29-25(20)16(2)28)30-19-5-7-23(27)22(26)15-19/h4-7,9,14-15,24,29-30H,3,8,10-13,28H2,1-2H3/b25-16-. The highest BCUT2D eigenvalue weighted by Crippen LogP contribution is 2.35. The number of hydrogen-bond donors (Lipinski definition) is 3. The molecule has 0 radical (unpaired) electrons. The minimum Gasteiger partial charge on any atom is -0.401 e. The number of anilines is 1. The number of benzene rings is 2. The molecule has 164 valence electrons. The Kier molecular flexibility index (Phi) is 6.54. The van der Waals surface area contributed by atoms with Gasteiger partial charge in [-0.2, -0.15) is 0 Å². The number of nitrogens with two attached hydrogens (primary N) is 1. The molecular weight excluding hydrogens is 411 g/mol. The van der Waals surface area contributed by atoms with E-state index in [9.17, 15) is 4.39 Å². The number of fused-ring (bicyclic) bond motifs is 1. The second-order valence-corrected chi connectivity index (χ2v) is 8.68. The molecule has 31 heavy (non-hydrogen) atoms. The fourth-order valence-electron chi connectivity index (χ4n) is 4.42. The molecule has 2 aliphatic heterocycles. The number of allylic oxidation sites excluding steroid dienone is 1. The first-order valence-corrected chi connectivity index (χ1v) is 11.3. The van der Waals surface area contributed by atoms with Crippen LogP contribution in [0.5, 0.6) is 0 Å². The van der Waals surface area contributed by atoms with Crippen LogP contribution in [0.2, 0.25) is 5.02 Å². The predicted octanol–water partition coefficient (Wildman–Crippen LogP) is 5.38. The minimum absolute atomic E-state index is 0.0529. The molecule has 4 N–H and O–H groups in total. The van der Waals surface area contributed by atoms with E-state index in [4.69, 9.17) is 17.3 Å². The van der Waals surface area contributed by atoms with Crippen LogP contribution in [0.3, 0.4) is 0 Å².